The molecule has 0 spiro atoms. The molecular weight excluding hydrogens is 428 g/mol. The smallest absolute Gasteiger partial charge is 0.143 e. The molecule has 1 saturated carbocycles. The maximum atomic E-state index is 15.1. The number of halogens is 3. The van der Waals surface area contributed by atoms with Crippen LogP contribution in [0.25, 0.3) is 22.2 Å². The van der Waals surface area contributed by atoms with E-state index < -0.39 is 22.6 Å². The molecule has 1 unspecified atom stereocenters. The summed E-state index contributed by atoms with van der Waals surface area (Å²) >= 11 is 6.14. The van der Waals surface area contributed by atoms with Gasteiger partial charge in [-0.05, 0) is 42.0 Å². The van der Waals surface area contributed by atoms with E-state index in [2.05, 4.69) is 35.0 Å². The van der Waals surface area contributed by atoms with Crippen LogP contribution in [0.1, 0.15) is 39.2 Å². The van der Waals surface area contributed by atoms with E-state index in [1.165, 1.54) is 6.07 Å². The summed E-state index contributed by atoms with van der Waals surface area (Å²) in [6.07, 6.45) is 4.97. The minimum absolute atomic E-state index is 0.00615. The zero-order chi connectivity index (χ0) is 21.6. The van der Waals surface area contributed by atoms with Crippen LogP contribution in [0.2, 0.25) is 5.02 Å². The lowest BCUT2D eigenvalue weighted by molar-refractivity contribution is 0.349. The van der Waals surface area contributed by atoms with E-state index in [0.29, 0.717) is 13.1 Å². The monoisotopic (exact) mass is 451 g/mol. The lowest BCUT2D eigenvalue weighted by Gasteiger charge is -2.20. The van der Waals surface area contributed by atoms with E-state index in [1.807, 2.05) is 6.20 Å². The topological polar surface area (TPSA) is 46.9 Å². The first-order chi connectivity index (χ1) is 14.1. The number of hydrogen-bond acceptors (Lipinski definition) is 2. The molecule has 1 N–H and O–H groups in total. The highest BCUT2D eigenvalue weighted by Crippen LogP contribution is 2.34. The van der Waals surface area contributed by atoms with Gasteiger partial charge in [0.1, 0.15) is 11.6 Å². The third-order valence-corrected chi connectivity index (χ3v) is 6.79. The molecule has 0 radical (unpaired) electrons. The van der Waals surface area contributed by atoms with Gasteiger partial charge in [-0.2, -0.15) is 0 Å². The Hall–Kier alpha value is -1.83. The Bertz CT molecular complexity index is 1140. The summed E-state index contributed by atoms with van der Waals surface area (Å²) < 4.78 is 45.8. The maximum Gasteiger partial charge on any atom is 0.143 e. The van der Waals surface area contributed by atoms with E-state index in [1.54, 1.807) is 6.07 Å². The van der Waals surface area contributed by atoms with Crippen LogP contribution in [0, 0.1) is 17.0 Å². The van der Waals surface area contributed by atoms with Crippen molar-refractivity contribution < 1.29 is 13.0 Å². The molecule has 0 aliphatic heterocycles. The summed E-state index contributed by atoms with van der Waals surface area (Å²) in [5.41, 5.74) is 2.13. The fraction of sp³-hybridized carbons (Fsp3) is 0.409. The van der Waals surface area contributed by atoms with Crippen LogP contribution in [0.4, 0.5) is 8.78 Å². The first-order valence-corrected chi connectivity index (χ1v) is 11.5. The Morgan fingerprint density at radius 2 is 2.00 bits per heavy atom. The first kappa shape index (κ1) is 21.4. The largest absolute Gasteiger partial charge is 0.347 e. The molecule has 0 bridgehead atoms. The average Bonchev–Trinajstić information content (AvgIpc) is 3.44. The van der Waals surface area contributed by atoms with Gasteiger partial charge in [0.25, 0.3) is 0 Å². The van der Waals surface area contributed by atoms with E-state index in [0.717, 1.165) is 41.6 Å². The van der Waals surface area contributed by atoms with Crippen molar-refractivity contribution in [3.8, 4) is 11.3 Å². The van der Waals surface area contributed by atoms with Crippen molar-refractivity contribution in [2.75, 3.05) is 0 Å². The summed E-state index contributed by atoms with van der Waals surface area (Å²) in [5.74, 6) is -1.06. The van der Waals surface area contributed by atoms with Gasteiger partial charge in [-0.15, -0.1) is 0 Å². The molecule has 8 heteroatoms. The number of nitrogens with one attached hydrogen (secondary N) is 1. The molecule has 1 atom stereocenters. The predicted molar refractivity (Wildman–Crippen MR) is 118 cm³/mol. The SMILES string of the molecule is CC(C)(C)Cn1cc(CNS(=O)C2CC2)c2cc(F)c(-c3ncc(F)cc3Cl)cc21. The average molecular weight is 452 g/mol. The normalized spacial score (nSPS) is 15.7. The van der Waals surface area contributed by atoms with Gasteiger partial charge in [0.05, 0.1) is 27.9 Å². The molecule has 4 rings (SSSR count). The Morgan fingerprint density at radius 1 is 1.27 bits per heavy atom. The second kappa shape index (κ2) is 8.02. The second-order valence-electron chi connectivity index (χ2n) is 8.99. The number of nitrogens with zero attached hydrogens (tertiary/aromatic N) is 2. The number of pyridine rings is 1. The molecular formula is C22H24ClF2N3OS. The standard InChI is InChI=1S/C22H24ClF2N3OS/c1-22(2,3)12-28-11-13(9-27-30(29)15-4-5-15)16-7-19(25)17(8-20(16)28)21-18(23)6-14(24)10-26-21/h6-8,10-11,15,27H,4-5,9,12H2,1-3H3. The van der Waals surface area contributed by atoms with Crippen LogP contribution >= 0.6 is 11.6 Å². The van der Waals surface area contributed by atoms with Crippen LogP contribution in [0.3, 0.4) is 0 Å². The molecule has 2 aromatic heterocycles. The lowest BCUT2D eigenvalue weighted by Crippen LogP contribution is -2.19. The number of hydrogen-bond donors (Lipinski definition) is 1. The van der Waals surface area contributed by atoms with Gasteiger partial charge in [-0.25, -0.2) is 17.7 Å². The van der Waals surface area contributed by atoms with Gasteiger partial charge in [0.15, 0.2) is 0 Å². The Kier molecular flexibility index (Phi) is 5.72. The van der Waals surface area contributed by atoms with Crippen molar-refractivity contribution in [3.63, 3.8) is 0 Å². The van der Waals surface area contributed by atoms with E-state index in [4.69, 9.17) is 11.6 Å². The fourth-order valence-electron chi connectivity index (χ4n) is 3.51. The Labute approximate surface area is 182 Å². The van der Waals surface area contributed by atoms with E-state index >= 15 is 4.39 Å². The number of rotatable bonds is 6. The van der Waals surface area contributed by atoms with Crippen LogP contribution in [-0.4, -0.2) is 19.0 Å². The Morgan fingerprint density at radius 3 is 2.63 bits per heavy atom. The van der Waals surface area contributed by atoms with Gasteiger partial charge >= 0.3 is 0 Å². The molecule has 2 heterocycles. The minimum Gasteiger partial charge on any atom is -0.347 e. The number of aromatic nitrogens is 2. The molecule has 0 amide bonds. The van der Waals surface area contributed by atoms with Gasteiger partial charge in [0.2, 0.25) is 0 Å². The predicted octanol–water partition coefficient (Wildman–Crippen LogP) is 5.60. The minimum atomic E-state index is -1.07. The van der Waals surface area contributed by atoms with Crippen LogP contribution in [0.15, 0.2) is 30.6 Å². The number of fused-ring (bicyclic) bond motifs is 1. The molecule has 4 nitrogen and oxygen atoms in total. The highest BCUT2D eigenvalue weighted by molar-refractivity contribution is 7.83. The van der Waals surface area contributed by atoms with E-state index in [-0.39, 0.29) is 26.9 Å². The van der Waals surface area contributed by atoms with Gasteiger partial charge < -0.3 is 4.57 Å². The lowest BCUT2D eigenvalue weighted by atomic mass is 9.97. The third kappa shape index (κ3) is 4.58. The third-order valence-electron chi connectivity index (χ3n) is 4.99. The summed E-state index contributed by atoms with van der Waals surface area (Å²) in [6, 6.07) is 4.30. The fourth-order valence-corrected chi connectivity index (χ4v) is 4.86. The number of benzene rings is 1. The van der Waals surface area contributed by atoms with Crippen molar-refractivity contribution in [1.29, 1.82) is 0 Å². The van der Waals surface area contributed by atoms with Crippen molar-refractivity contribution in [2.45, 2.75) is 52.0 Å². The van der Waals surface area contributed by atoms with Crippen molar-refractivity contribution in [1.82, 2.24) is 14.3 Å². The maximum absolute atomic E-state index is 15.1. The highest BCUT2D eigenvalue weighted by Gasteiger charge is 2.28. The van der Waals surface area contributed by atoms with E-state index in [9.17, 15) is 8.60 Å². The molecule has 160 valence electrons. The first-order valence-electron chi connectivity index (χ1n) is 9.89. The molecule has 1 aliphatic carbocycles. The van der Waals surface area contributed by atoms with Crippen LogP contribution in [-0.2, 0) is 24.1 Å². The van der Waals surface area contributed by atoms with Crippen molar-refractivity contribution >= 4 is 33.5 Å². The second-order valence-corrected chi connectivity index (χ2v) is 11.0. The zero-order valence-electron chi connectivity index (χ0n) is 17.1. The zero-order valence-corrected chi connectivity index (χ0v) is 18.7. The van der Waals surface area contributed by atoms with Crippen molar-refractivity contribution in [2.24, 2.45) is 5.41 Å². The summed E-state index contributed by atoms with van der Waals surface area (Å²) in [4.78, 5) is 4.00. The van der Waals surface area contributed by atoms with Crippen molar-refractivity contribution in [3.05, 3.63) is 52.8 Å². The Balaban J connectivity index is 1.79. The quantitative estimate of drug-likeness (QED) is 0.530. The van der Waals surface area contributed by atoms with Gasteiger partial charge in [0, 0.05) is 41.0 Å². The highest BCUT2D eigenvalue weighted by atomic mass is 35.5. The molecule has 1 aliphatic rings. The molecule has 1 fully saturated rings. The molecule has 3 aromatic rings. The summed E-state index contributed by atoms with van der Waals surface area (Å²) in [6.45, 7) is 7.49. The summed E-state index contributed by atoms with van der Waals surface area (Å²) in [7, 11) is -1.07. The molecule has 30 heavy (non-hydrogen) atoms. The summed E-state index contributed by atoms with van der Waals surface area (Å²) in [5, 5.41) is 1.03. The molecule has 0 saturated heterocycles. The van der Waals surface area contributed by atoms with Gasteiger partial charge in [-0.3, -0.25) is 4.98 Å². The van der Waals surface area contributed by atoms with Crippen LogP contribution in [0.5, 0.6) is 0 Å². The van der Waals surface area contributed by atoms with Crippen LogP contribution < -0.4 is 4.72 Å². The molecule has 1 aromatic carbocycles. The van der Waals surface area contributed by atoms with Gasteiger partial charge in [-0.1, -0.05) is 32.4 Å².